The summed E-state index contributed by atoms with van der Waals surface area (Å²) in [4.78, 5) is 35.3. The SMILES string of the molecule is COc1cnccc1-c1ccc(C[C@H](CC(=O)C2CCC(CN)CC2)C(=O)Nc2ccc(C3=NCN=N3)cc2)cc1. The number of nitrogens with zero attached hydrogens (tertiary/aromatic N) is 4. The number of amidine groups is 1. The van der Waals surface area contributed by atoms with E-state index in [1.165, 1.54) is 0 Å². The molecule has 41 heavy (non-hydrogen) atoms. The number of carbonyl (C=O) groups excluding carboxylic acids is 2. The molecule has 1 fully saturated rings. The highest BCUT2D eigenvalue weighted by atomic mass is 16.5. The Morgan fingerprint density at radius 1 is 1.00 bits per heavy atom. The van der Waals surface area contributed by atoms with Gasteiger partial charge in [-0.05, 0) is 86.0 Å². The molecule has 0 spiro atoms. The first-order chi connectivity index (χ1) is 20.0. The second-order valence-electron chi connectivity index (χ2n) is 10.7. The summed E-state index contributed by atoms with van der Waals surface area (Å²) in [6.45, 7) is 1.01. The van der Waals surface area contributed by atoms with E-state index in [4.69, 9.17) is 10.5 Å². The van der Waals surface area contributed by atoms with Gasteiger partial charge in [0.05, 0.1) is 13.3 Å². The summed E-state index contributed by atoms with van der Waals surface area (Å²) in [5.41, 5.74) is 10.3. The van der Waals surface area contributed by atoms with Gasteiger partial charge in [0, 0.05) is 41.3 Å². The number of hydrogen-bond acceptors (Lipinski definition) is 8. The molecule has 212 valence electrons. The molecule has 1 aromatic heterocycles. The van der Waals surface area contributed by atoms with Crippen LogP contribution in [0, 0.1) is 17.8 Å². The molecule has 9 nitrogen and oxygen atoms in total. The number of pyridine rings is 1. The Labute approximate surface area is 240 Å². The molecular weight excluding hydrogens is 516 g/mol. The molecule has 1 atom stereocenters. The van der Waals surface area contributed by atoms with Gasteiger partial charge in [0.1, 0.15) is 11.5 Å². The number of anilines is 1. The lowest BCUT2D eigenvalue weighted by Crippen LogP contribution is -2.31. The van der Waals surface area contributed by atoms with Crippen molar-refractivity contribution < 1.29 is 14.3 Å². The molecule has 2 aliphatic rings. The molecule has 5 rings (SSSR count). The normalized spacial score (nSPS) is 18.9. The van der Waals surface area contributed by atoms with Crippen LogP contribution < -0.4 is 15.8 Å². The van der Waals surface area contributed by atoms with E-state index in [9.17, 15) is 9.59 Å². The van der Waals surface area contributed by atoms with Gasteiger partial charge in [0.2, 0.25) is 5.91 Å². The van der Waals surface area contributed by atoms with E-state index in [-0.39, 0.29) is 24.0 Å². The predicted octanol–water partition coefficient (Wildman–Crippen LogP) is 5.45. The summed E-state index contributed by atoms with van der Waals surface area (Å²) >= 11 is 0. The number of nitrogens with two attached hydrogens (primary N) is 1. The van der Waals surface area contributed by atoms with E-state index < -0.39 is 5.92 Å². The number of aromatic nitrogens is 1. The molecule has 9 heteroatoms. The number of amides is 1. The van der Waals surface area contributed by atoms with Gasteiger partial charge in [-0.15, -0.1) is 5.11 Å². The minimum atomic E-state index is -0.497. The van der Waals surface area contributed by atoms with Gasteiger partial charge >= 0.3 is 0 Å². The van der Waals surface area contributed by atoms with E-state index in [1.807, 2.05) is 54.6 Å². The third kappa shape index (κ3) is 7.10. The van der Waals surface area contributed by atoms with Gasteiger partial charge in [-0.1, -0.05) is 24.3 Å². The Balaban J connectivity index is 1.31. The standard InChI is InChI=1S/C32H36N6O3/c1-41-30-19-34-15-14-28(30)23-6-2-21(3-7-23)16-26(17-29(39)24-8-4-22(18-33)5-9-24)32(40)37-27-12-10-25(11-13-27)31-35-20-36-38-31/h2-3,6-7,10-15,19,22,24,26H,4-5,8-9,16-18,20,33H2,1H3,(H,37,40)/t22?,24?,26-/m1/s1. The average Bonchev–Trinajstić information content (AvgIpc) is 3.57. The summed E-state index contributed by atoms with van der Waals surface area (Å²) in [7, 11) is 1.62. The second kappa shape index (κ2) is 13.4. The molecule has 2 aromatic carbocycles. The molecule has 1 saturated carbocycles. The fourth-order valence-corrected chi connectivity index (χ4v) is 5.60. The topological polar surface area (TPSA) is 131 Å². The summed E-state index contributed by atoms with van der Waals surface area (Å²) in [6, 6.07) is 17.3. The van der Waals surface area contributed by atoms with E-state index in [1.54, 1.807) is 19.5 Å². The van der Waals surface area contributed by atoms with Crippen LogP contribution in [0.4, 0.5) is 5.69 Å². The quantitative estimate of drug-likeness (QED) is 0.327. The number of benzene rings is 2. The molecule has 0 radical (unpaired) electrons. The van der Waals surface area contributed by atoms with Crippen LogP contribution >= 0.6 is 0 Å². The van der Waals surface area contributed by atoms with Crippen LogP contribution in [0.2, 0.25) is 0 Å². The number of azo groups is 1. The smallest absolute Gasteiger partial charge is 0.228 e. The third-order valence-electron chi connectivity index (χ3n) is 8.07. The molecule has 3 aromatic rings. The van der Waals surface area contributed by atoms with Crippen molar-refractivity contribution in [1.82, 2.24) is 4.98 Å². The van der Waals surface area contributed by atoms with E-state index in [0.717, 1.165) is 47.9 Å². The summed E-state index contributed by atoms with van der Waals surface area (Å²) in [5.74, 6) is 1.28. The maximum atomic E-state index is 13.6. The first-order valence-corrected chi connectivity index (χ1v) is 14.2. The lowest BCUT2D eigenvalue weighted by atomic mass is 9.77. The van der Waals surface area contributed by atoms with Gasteiger partial charge in [0.25, 0.3) is 0 Å². The highest BCUT2D eigenvalue weighted by Gasteiger charge is 2.30. The van der Waals surface area contributed by atoms with Crippen molar-refractivity contribution in [1.29, 1.82) is 0 Å². The predicted molar refractivity (Wildman–Crippen MR) is 159 cm³/mol. The number of rotatable bonds is 11. The summed E-state index contributed by atoms with van der Waals surface area (Å²) in [6.07, 6.45) is 7.73. The number of Topliss-reactive ketones (excluding diaryl/α,β-unsaturated/α-hetero) is 1. The second-order valence-corrected chi connectivity index (χ2v) is 10.7. The highest BCUT2D eigenvalue weighted by molar-refractivity contribution is 6.01. The molecular formula is C32H36N6O3. The van der Waals surface area contributed by atoms with Crippen molar-refractivity contribution in [2.75, 3.05) is 25.6 Å². The van der Waals surface area contributed by atoms with Gasteiger partial charge < -0.3 is 15.8 Å². The van der Waals surface area contributed by atoms with E-state index >= 15 is 0 Å². The van der Waals surface area contributed by atoms with Crippen molar-refractivity contribution in [2.24, 2.45) is 38.7 Å². The minimum absolute atomic E-state index is 0.00438. The Bertz CT molecular complexity index is 1410. The largest absolute Gasteiger partial charge is 0.494 e. The summed E-state index contributed by atoms with van der Waals surface area (Å²) in [5, 5.41) is 10.9. The van der Waals surface area contributed by atoms with Crippen LogP contribution in [0.25, 0.3) is 11.1 Å². The molecule has 0 unspecified atom stereocenters. The van der Waals surface area contributed by atoms with Crippen molar-refractivity contribution in [2.45, 2.75) is 38.5 Å². The first kappa shape index (κ1) is 28.3. The van der Waals surface area contributed by atoms with Crippen LogP contribution in [0.3, 0.4) is 0 Å². The molecule has 1 aliphatic carbocycles. The summed E-state index contributed by atoms with van der Waals surface area (Å²) < 4.78 is 5.46. The number of nitrogens with one attached hydrogen (secondary N) is 1. The van der Waals surface area contributed by atoms with Crippen molar-refractivity contribution in [3.8, 4) is 16.9 Å². The Morgan fingerprint density at radius 3 is 2.39 bits per heavy atom. The lowest BCUT2D eigenvalue weighted by Gasteiger charge is -2.27. The van der Waals surface area contributed by atoms with E-state index in [0.29, 0.717) is 42.8 Å². The molecule has 0 bridgehead atoms. The number of methoxy groups -OCH3 is 1. The zero-order chi connectivity index (χ0) is 28.6. The maximum absolute atomic E-state index is 13.6. The third-order valence-corrected chi connectivity index (χ3v) is 8.07. The molecule has 1 aliphatic heterocycles. The van der Waals surface area contributed by atoms with E-state index in [2.05, 4.69) is 25.5 Å². The van der Waals surface area contributed by atoms with Crippen LogP contribution in [0.15, 0.2) is 82.2 Å². The number of carbonyl (C=O) groups is 2. The Hall–Kier alpha value is -4.24. The van der Waals surface area contributed by atoms with Crippen molar-refractivity contribution in [3.63, 3.8) is 0 Å². The van der Waals surface area contributed by atoms with Crippen LogP contribution in [0.1, 0.15) is 43.2 Å². The van der Waals surface area contributed by atoms with Gasteiger partial charge in [-0.3, -0.25) is 14.6 Å². The number of ether oxygens (including phenoxy) is 1. The first-order valence-electron chi connectivity index (χ1n) is 14.2. The molecule has 2 heterocycles. The van der Waals surface area contributed by atoms with Crippen molar-refractivity contribution in [3.05, 3.63) is 78.1 Å². The Kier molecular flexibility index (Phi) is 9.26. The minimum Gasteiger partial charge on any atom is -0.494 e. The highest BCUT2D eigenvalue weighted by Crippen LogP contribution is 2.32. The van der Waals surface area contributed by atoms with Gasteiger partial charge in [-0.25, -0.2) is 4.99 Å². The fraction of sp³-hybridized carbons (Fsp3) is 0.375. The number of aliphatic imine (C=N–C) groups is 1. The molecule has 0 saturated heterocycles. The fourth-order valence-electron chi connectivity index (χ4n) is 5.60. The van der Waals surface area contributed by atoms with Gasteiger partial charge in [-0.2, -0.15) is 5.11 Å². The zero-order valence-corrected chi connectivity index (χ0v) is 23.3. The molecule has 1 amide bonds. The van der Waals surface area contributed by atoms with Crippen LogP contribution in [-0.4, -0.2) is 42.8 Å². The van der Waals surface area contributed by atoms with Gasteiger partial charge in [0.15, 0.2) is 12.5 Å². The van der Waals surface area contributed by atoms with Crippen molar-refractivity contribution >= 4 is 23.2 Å². The maximum Gasteiger partial charge on any atom is 0.228 e. The zero-order valence-electron chi connectivity index (χ0n) is 23.3. The average molecular weight is 553 g/mol. The van der Waals surface area contributed by atoms with Crippen LogP contribution in [0.5, 0.6) is 5.75 Å². The number of ketones is 1. The number of hydrogen-bond donors (Lipinski definition) is 2. The monoisotopic (exact) mass is 552 g/mol. The lowest BCUT2D eigenvalue weighted by molar-refractivity contribution is -0.129. The van der Waals surface area contributed by atoms with Crippen LogP contribution in [-0.2, 0) is 16.0 Å². The Morgan fingerprint density at radius 2 is 1.73 bits per heavy atom. The molecule has 3 N–H and O–H groups in total.